The molecule has 0 saturated carbocycles. The first-order valence-corrected chi connectivity index (χ1v) is 23.6. The summed E-state index contributed by atoms with van der Waals surface area (Å²) in [6, 6.07) is 91.6. The van der Waals surface area contributed by atoms with E-state index in [9.17, 15) is 0 Å². The minimum absolute atomic E-state index is 0.633. The quantitative estimate of drug-likeness (QED) is 0.159. The van der Waals surface area contributed by atoms with Crippen LogP contribution >= 0.6 is 0 Å². The van der Waals surface area contributed by atoms with E-state index in [1.54, 1.807) is 0 Å². The number of ether oxygens (including phenoxy) is 1. The molecule has 1 spiro atoms. The second-order valence-corrected chi connectivity index (χ2v) is 18.0. The molecule has 2 aliphatic rings. The summed E-state index contributed by atoms with van der Waals surface area (Å²) in [6.45, 7) is 0. The van der Waals surface area contributed by atoms with Crippen molar-refractivity contribution in [3.63, 3.8) is 0 Å². The van der Waals surface area contributed by atoms with Crippen LogP contribution in [0.15, 0.2) is 259 Å². The summed E-state index contributed by atoms with van der Waals surface area (Å²) in [5, 5.41) is 4.61. The number of hydrogen-bond acceptors (Lipinski definition) is 4. The third-order valence-corrected chi connectivity index (χ3v) is 14.3. The maximum atomic E-state index is 6.88. The van der Waals surface area contributed by atoms with Gasteiger partial charge >= 0.3 is 0 Å². The first-order chi connectivity index (χ1) is 34.2. The van der Waals surface area contributed by atoms with Crippen molar-refractivity contribution >= 4 is 66.8 Å². The first kappa shape index (κ1) is 39.1. The van der Waals surface area contributed by atoms with Crippen LogP contribution in [0.1, 0.15) is 22.3 Å². The molecule has 1 aliphatic heterocycles. The summed E-state index contributed by atoms with van der Waals surface area (Å²) in [7, 11) is 0. The van der Waals surface area contributed by atoms with Crippen molar-refractivity contribution in [1.29, 1.82) is 0 Å². The van der Waals surface area contributed by atoms with E-state index >= 15 is 0 Å². The minimum Gasteiger partial charge on any atom is -0.457 e. The Morgan fingerprint density at radius 1 is 0.319 bits per heavy atom. The molecule has 2 heterocycles. The largest absolute Gasteiger partial charge is 0.457 e. The highest BCUT2D eigenvalue weighted by Crippen LogP contribution is 2.63. The average Bonchev–Trinajstić information content (AvgIpc) is 3.94. The topological polar surface area (TPSA) is 28.9 Å². The van der Waals surface area contributed by atoms with E-state index in [-0.39, 0.29) is 0 Å². The van der Waals surface area contributed by atoms with Gasteiger partial charge in [-0.15, -0.1) is 0 Å². The molecule has 0 unspecified atom stereocenters. The van der Waals surface area contributed by atoms with E-state index < -0.39 is 5.41 Å². The fourth-order valence-electron chi connectivity index (χ4n) is 11.3. The summed E-state index contributed by atoms with van der Waals surface area (Å²) >= 11 is 0. The predicted molar refractivity (Wildman–Crippen MR) is 283 cm³/mol. The monoisotopic (exact) mass is 882 g/mol. The smallest absolute Gasteiger partial charge is 0.159 e. The van der Waals surface area contributed by atoms with Crippen LogP contribution in [0.2, 0.25) is 0 Å². The summed E-state index contributed by atoms with van der Waals surface area (Å²) in [4.78, 5) is 4.75. The zero-order chi connectivity index (χ0) is 45.5. The Labute approximate surface area is 400 Å². The fourth-order valence-corrected chi connectivity index (χ4v) is 11.3. The van der Waals surface area contributed by atoms with Gasteiger partial charge in [0, 0.05) is 50.3 Å². The molecular formula is C65H42N2O2. The average molecular weight is 883 g/mol. The molecule has 14 rings (SSSR count). The Morgan fingerprint density at radius 3 is 1.72 bits per heavy atom. The van der Waals surface area contributed by atoms with Crippen molar-refractivity contribution in [3.05, 3.63) is 277 Å². The van der Waals surface area contributed by atoms with Gasteiger partial charge in [-0.3, -0.25) is 0 Å². The number of hydrogen-bond donors (Lipinski definition) is 0. The van der Waals surface area contributed by atoms with Crippen LogP contribution in [0, 0.1) is 0 Å². The highest BCUT2D eigenvalue weighted by molar-refractivity contribution is 6.10. The molecule has 69 heavy (non-hydrogen) atoms. The molecule has 0 bridgehead atoms. The summed E-state index contributed by atoms with van der Waals surface area (Å²) < 4.78 is 13.6. The Hall–Kier alpha value is -9.12. The van der Waals surface area contributed by atoms with Crippen LogP contribution in [-0.4, -0.2) is 0 Å². The third kappa shape index (κ3) is 6.02. The molecule has 1 aromatic heterocycles. The summed E-state index contributed by atoms with van der Waals surface area (Å²) in [5.41, 5.74) is 16.6. The van der Waals surface area contributed by atoms with E-state index in [2.05, 4.69) is 259 Å². The molecule has 11 aromatic carbocycles. The number of furan rings is 1. The van der Waals surface area contributed by atoms with Gasteiger partial charge in [-0.1, -0.05) is 170 Å². The summed E-state index contributed by atoms with van der Waals surface area (Å²) in [6.07, 6.45) is 0. The molecule has 4 nitrogen and oxygen atoms in total. The maximum Gasteiger partial charge on any atom is 0.159 e. The molecule has 1 aliphatic carbocycles. The summed E-state index contributed by atoms with van der Waals surface area (Å²) in [5.74, 6) is 1.73. The lowest BCUT2D eigenvalue weighted by atomic mass is 9.66. The molecule has 0 saturated heterocycles. The third-order valence-electron chi connectivity index (χ3n) is 14.3. The number of fused-ring (bicyclic) bond motifs is 13. The van der Waals surface area contributed by atoms with E-state index in [0.717, 1.165) is 84.3 Å². The van der Waals surface area contributed by atoms with Gasteiger partial charge in [0.05, 0.1) is 11.1 Å². The second-order valence-electron chi connectivity index (χ2n) is 18.0. The standard InChI is InChI=1S/C65H42N2O2/c1-2-20-47(21-3-1)66(48-22-14-19-45(40-48)46-36-35-43-17-4-5-18-44(43)39-46)49-23-15-24-50(41-49)67(60-31-16-27-55-54-26-7-11-32-61(54)69-64(55)60)51-37-38-53-52-25-6-8-28-56(52)65(59(53)42-51)57-29-9-12-33-62(57)68-63-34-13-10-30-58(63)65/h1-42H. The lowest BCUT2D eigenvalue weighted by Gasteiger charge is -2.39. The Bertz CT molecular complexity index is 3940. The van der Waals surface area contributed by atoms with Crippen LogP contribution in [0.4, 0.5) is 34.1 Å². The fraction of sp³-hybridized carbons (Fsp3) is 0.0154. The molecule has 0 fully saturated rings. The number of benzene rings is 11. The maximum absolute atomic E-state index is 6.88. The van der Waals surface area contributed by atoms with Gasteiger partial charge in [0.25, 0.3) is 0 Å². The van der Waals surface area contributed by atoms with Crippen molar-refractivity contribution in [2.75, 3.05) is 9.80 Å². The number of anilines is 6. The van der Waals surface area contributed by atoms with Crippen molar-refractivity contribution in [2.45, 2.75) is 5.41 Å². The van der Waals surface area contributed by atoms with Crippen LogP contribution in [0.5, 0.6) is 11.5 Å². The Balaban J connectivity index is 0.996. The van der Waals surface area contributed by atoms with Gasteiger partial charge in [0.15, 0.2) is 5.58 Å². The van der Waals surface area contributed by atoms with Crippen molar-refractivity contribution in [2.24, 2.45) is 0 Å². The normalized spacial score (nSPS) is 12.9. The molecular weight excluding hydrogens is 841 g/mol. The van der Waals surface area contributed by atoms with Gasteiger partial charge in [-0.05, 0) is 129 Å². The minimum atomic E-state index is -0.633. The SMILES string of the molecule is c1ccc(N(c2cccc(-c3ccc4ccccc4c3)c2)c2cccc(N(c3ccc4c(c3)C3(c5ccccc5Oc5ccccc53)c3ccccc3-4)c3cccc4c3oc3ccccc34)c2)cc1. The first-order valence-electron chi connectivity index (χ1n) is 23.6. The predicted octanol–water partition coefficient (Wildman–Crippen LogP) is 17.8. The van der Waals surface area contributed by atoms with Gasteiger partial charge in [0.2, 0.25) is 0 Å². The van der Waals surface area contributed by atoms with Gasteiger partial charge in [0.1, 0.15) is 17.1 Å². The Morgan fingerprint density at radius 2 is 0.899 bits per heavy atom. The molecule has 0 atom stereocenters. The van der Waals surface area contributed by atoms with Crippen LogP contribution in [0.25, 0.3) is 55.0 Å². The number of rotatable bonds is 7. The second kappa shape index (κ2) is 15.5. The van der Waals surface area contributed by atoms with Gasteiger partial charge < -0.3 is 19.0 Å². The molecule has 0 amide bonds. The zero-order valence-electron chi connectivity index (χ0n) is 37.5. The van der Waals surface area contributed by atoms with Crippen molar-refractivity contribution < 1.29 is 9.15 Å². The molecule has 12 aromatic rings. The van der Waals surface area contributed by atoms with Crippen molar-refractivity contribution in [3.8, 4) is 33.8 Å². The van der Waals surface area contributed by atoms with E-state index in [4.69, 9.17) is 9.15 Å². The highest BCUT2D eigenvalue weighted by atomic mass is 16.5. The van der Waals surface area contributed by atoms with E-state index in [1.807, 2.05) is 6.07 Å². The van der Waals surface area contributed by atoms with Crippen LogP contribution < -0.4 is 14.5 Å². The number of para-hydroxylation sites is 5. The van der Waals surface area contributed by atoms with E-state index in [1.165, 1.54) is 38.6 Å². The number of nitrogens with zero attached hydrogens (tertiary/aromatic N) is 2. The lowest BCUT2D eigenvalue weighted by Crippen LogP contribution is -2.32. The Kier molecular flexibility index (Phi) is 8.77. The molecule has 4 heteroatoms. The van der Waals surface area contributed by atoms with Crippen LogP contribution in [0.3, 0.4) is 0 Å². The van der Waals surface area contributed by atoms with Crippen molar-refractivity contribution in [1.82, 2.24) is 0 Å². The van der Waals surface area contributed by atoms with E-state index in [0.29, 0.717) is 0 Å². The van der Waals surface area contributed by atoms with Crippen LogP contribution in [-0.2, 0) is 5.41 Å². The molecule has 0 N–H and O–H groups in total. The van der Waals surface area contributed by atoms with Gasteiger partial charge in [-0.25, -0.2) is 0 Å². The highest BCUT2D eigenvalue weighted by Gasteiger charge is 2.51. The lowest BCUT2D eigenvalue weighted by molar-refractivity contribution is 0.436. The van der Waals surface area contributed by atoms with Gasteiger partial charge in [-0.2, -0.15) is 0 Å². The molecule has 0 radical (unpaired) electrons. The zero-order valence-corrected chi connectivity index (χ0v) is 37.5. The molecule has 324 valence electrons.